The van der Waals surface area contributed by atoms with Gasteiger partial charge in [-0.25, -0.2) is 14.1 Å². The van der Waals surface area contributed by atoms with Crippen LogP contribution >= 0.6 is 0 Å². The minimum atomic E-state index is -0.279. The van der Waals surface area contributed by atoms with Gasteiger partial charge in [-0.15, -0.1) is 0 Å². The highest BCUT2D eigenvalue weighted by atomic mass is 19.1. The number of ether oxygens (including phenoxy) is 2. The van der Waals surface area contributed by atoms with Crippen LogP contribution < -0.4 is 9.47 Å². The van der Waals surface area contributed by atoms with Crippen molar-refractivity contribution in [3.8, 4) is 11.5 Å². The van der Waals surface area contributed by atoms with Crippen LogP contribution in [0.2, 0.25) is 0 Å². The predicted octanol–water partition coefficient (Wildman–Crippen LogP) is 4.61. The molecule has 0 aliphatic carbocycles. The second kappa shape index (κ2) is 9.13. The molecule has 4 aromatic rings. The average molecular weight is 461 g/mol. The van der Waals surface area contributed by atoms with Crippen LogP contribution in [-0.2, 0) is 6.54 Å². The van der Waals surface area contributed by atoms with E-state index in [0.29, 0.717) is 35.8 Å². The standard InChI is InChI=1S/C26H25FN4O3/c1-33-22-10-7-18(24(13-22)34-2)16-31-25-19(15-29-31)12-20(14-28-25)26(32)30-11-3-4-23(30)17-5-8-21(27)9-6-17/h5-10,12-15,23H,3-4,11,16H2,1-2H3. The summed E-state index contributed by atoms with van der Waals surface area (Å²) in [7, 11) is 3.23. The van der Waals surface area contributed by atoms with Crippen molar-refractivity contribution in [1.82, 2.24) is 19.7 Å². The molecule has 1 atom stereocenters. The maximum atomic E-state index is 13.3. The van der Waals surface area contributed by atoms with Crippen molar-refractivity contribution in [2.24, 2.45) is 0 Å². The molecule has 1 aliphatic heterocycles. The molecule has 1 fully saturated rings. The van der Waals surface area contributed by atoms with Crippen molar-refractivity contribution in [1.29, 1.82) is 0 Å². The first-order chi connectivity index (χ1) is 16.6. The van der Waals surface area contributed by atoms with Gasteiger partial charge in [0.25, 0.3) is 5.91 Å². The van der Waals surface area contributed by atoms with Crippen LogP contribution in [0.25, 0.3) is 11.0 Å². The number of hydrogen-bond donors (Lipinski definition) is 0. The molecule has 34 heavy (non-hydrogen) atoms. The molecule has 1 unspecified atom stereocenters. The van der Waals surface area contributed by atoms with E-state index in [9.17, 15) is 9.18 Å². The molecule has 0 radical (unpaired) electrons. The van der Waals surface area contributed by atoms with Gasteiger partial charge in [0.05, 0.1) is 38.6 Å². The van der Waals surface area contributed by atoms with Crippen molar-refractivity contribution >= 4 is 16.9 Å². The van der Waals surface area contributed by atoms with Gasteiger partial charge in [-0.3, -0.25) is 4.79 Å². The Hall–Kier alpha value is -3.94. The maximum absolute atomic E-state index is 13.3. The molecule has 3 heterocycles. The minimum Gasteiger partial charge on any atom is -0.497 e. The quantitative estimate of drug-likeness (QED) is 0.420. The lowest BCUT2D eigenvalue weighted by Crippen LogP contribution is -2.30. The van der Waals surface area contributed by atoms with Gasteiger partial charge in [-0.2, -0.15) is 5.10 Å². The lowest BCUT2D eigenvalue weighted by Gasteiger charge is -2.25. The molecular formula is C26H25FN4O3. The molecule has 1 saturated heterocycles. The fourth-order valence-electron chi connectivity index (χ4n) is 4.56. The zero-order valence-corrected chi connectivity index (χ0v) is 19.1. The van der Waals surface area contributed by atoms with Gasteiger partial charge in [-0.1, -0.05) is 12.1 Å². The molecule has 0 saturated carbocycles. The van der Waals surface area contributed by atoms with E-state index < -0.39 is 0 Å². The summed E-state index contributed by atoms with van der Waals surface area (Å²) in [5.41, 5.74) is 3.09. The van der Waals surface area contributed by atoms with E-state index in [1.54, 1.807) is 43.4 Å². The van der Waals surface area contributed by atoms with E-state index in [-0.39, 0.29) is 17.8 Å². The number of carbonyl (C=O) groups excluding carboxylic acids is 1. The summed E-state index contributed by atoms with van der Waals surface area (Å²) >= 11 is 0. The van der Waals surface area contributed by atoms with Crippen molar-refractivity contribution in [3.05, 3.63) is 83.4 Å². The summed E-state index contributed by atoms with van der Waals surface area (Å²) < 4.78 is 25.9. The first-order valence-electron chi connectivity index (χ1n) is 11.2. The van der Waals surface area contributed by atoms with Crippen LogP contribution in [0.15, 0.2) is 60.9 Å². The number of aromatic nitrogens is 3. The summed E-state index contributed by atoms with van der Waals surface area (Å²) in [4.78, 5) is 19.8. The number of amides is 1. The fourth-order valence-corrected chi connectivity index (χ4v) is 4.56. The Kier molecular flexibility index (Phi) is 5.88. The van der Waals surface area contributed by atoms with Gasteiger partial charge in [0, 0.05) is 29.8 Å². The van der Waals surface area contributed by atoms with Gasteiger partial charge < -0.3 is 14.4 Å². The van der Waals surface area contributed by atoms with E-state index >= 15 is 0 Å². The maximum Gasteiger partial charge on any atom is 0.255 e. The molecule has 174 valence electrons. The van der Waals surface area contributed by atoms with Crippen LogP contribution in [0.3, 0.4) is 0 Å². The zero-order chi connectivity index (χ0) is 23.7. The lowest BCUT2D eigenvalue weighted by molar-refractivity contribution is 0.0735. The number of methoxy groups -OCH3 is 2. The zero-order valence-electron chi connectivity index (χ0n) is 19.1. The number of halogens is 1. The Morgan fingerprint density at radius 1 is 1.09 bits per heavy atom. The highest BCUT2D eigenvalue weighted by molar-refractivity contribution is 5.97. The topological polar surface area (TPSA) is 69.5 Å². The number of hydrogen-bond acceptors (Lipinski definition) is 5. The van der Waals surface area contributed by atoms with E-state index in [1.807, 2.05) is 29.2 Å². The van der Waals surface area contributed by atoms with Crippen LogP contribution in [0.4, 0.5) is 4.39 Å². The highest BCUT2D eigenvalue weighted by Crippen LogP contribution is 2.33. The van der Waals surface area contributed by atoms with Crippen molar-refractivity contribution < 1.29 is 18.7 Å². The average Bonchev–Trinajstić information content (AvgIpc) is 3.51. The van der Waals surface area contributed by atoms with Crippen molar-refractivity contribution in [3.63, 3.8) is 0 Å². The molecule has 8 heteroatoms. The van der Waals surface area contributed by atoms with Crippen molar-refractivity contribution in [2.75, 3.05) is 20.8 Å². The summed E-state index contributed by atoms with van der Waals surface area (Å²) in [5.74, 6) is 1.06. The Bertz CT molecular complexity index is 1340. The van der Waals surface area contributed by atoms with Gasteiger partial charge in [0.15, 0.2) is 5.65 Å². The van der Waals surface area contributed by atoms with Gasteiger partial charge >= 0.3 is 0 Å². The van der Waals surface area contributed by atoms with E-state index in [2.05, 4.69) is 10.1 Å². The van der Waals surface area contributed by atoms with Gasteiger partial charge in [0.2, 0.25) is 0 Å². The third-order valence-corrected chi connectivity index (χ3v) is 6.31. The third kappa shape index (κ3) is 4.07. The molecule has 0 bridgehead atoms. The summed E-state index contributed by atoms with van der Waals surface area (Å²) in [5, 5.41) is 5.27. The van der Waals surface area contributed by atoms with Gasteiger partial charge in [0.1, 0.15) is 17.3 Å². The molecular weight excluding hydrogens is 435 g/mol. The number of likely N-dealkylation sites (tertiary alicyclic amines) is 1. The number of rotatable bonds is 6. The summed E-state index contributed by atoms with van der Waals surface area (Å²) in [6.45, 7) is 1.13. The molecule has 2 aromatic carbocycles. The predicted molar refractivity (Wildman–Crippen MR) is 126 cm³/mol. The molecule has 5 rings (SSSR count). The number of fused-ring (bicyclic) bond motifs is 1. The second-order valence-electron chi connectivity index (χ2n) is 8.32. The lowest BCUT2D eigenvalue weighted by atomic mass is 10.0. The van der Waals surface area contributed by atoms with Crippen LogP contribution in [0.1, 0.15) is 40.4 Å². The second-order valence-corrected chi connectivity index (χ2v) is 8.32. The minimum absolute atomic E-state index is 0.0611. The molecule has 1 aliphatic rings. The Morgan fingerprint density at radius 3 is 2.68 bits per heavy atom. The monoisotopic (exact) mass is 460 g/mol. The Balaban J connectivity index is 1.39. The molecule has 2 aromatic heterocycles. The van der Waals surface area contributed by atoms with E-state index in [0.717, 1.165) is 29.4 Å². The van der Waals surface area contributed by atoms with Crippen LogP contribution in [0.5, 0.6) is 11.5 Å². The number of pyridine rings is 1. The van der Waals surface area contributed by atoms with E-state index in [1.165, 1.54) is 12.1 Å². The SMILES string of the molecule is COc1ccc(Cn2ncc3cc(C(=O)N4CCCC4c4ccc(F)cc4)cnc32)c(OC)c1. The molecule has 1 amide bonds. The highest BCUT2D eigenvalue weighted by Gasteiger charge is 2.31. The van der Waals surface area contributed by atoms with Crippen LogP contribution in [0, 0.1) is 5.82 Å². The van der Waals surface area contributed by atoms with E-state index in [4.69, 9.17) is 9.47 Å². The first kappa shape index (κ1) is 21.9. The normalized spacial score (nSPS) is 15.6. The summed E-state index contributed by atoms with van der Waals surface area (Å²) in [6, 6.07) is 13.8. The molecule has 7 nitrogen and oxygen atoms in total. The smallest absolute Gasteiger partial charge is 0.255 e. The Labute approximate surface area is 196 Å². The summed E-state index contributed by atoms with van der Waals surface area (Å²) in [6.07, 6.45) is 5.09. The largest absolute Gasteiger partial charge is 0.497 e. The third-order valence-electron chi connectivity index (χ3n) is 6.31. The van der Waals surface area contributed by atoms with Crippen molar-refractivity contribution in [2.45, 2.75) is 25.4 Å². The molecule has 0 N–H and O–H groups in total. The Morgan fingerprint density at radius 2 is 1.91 bits per heavy atom. The number of nitrogens with zero attached hydrogens (tertiary/aromatic N) is 4. The number of carbonyl (C=O) groups is 1. The van der Waals surface area contributed by atoms with Crippen LogP contribution in [-0.4, -0.2) is 46.3 Å². The number of benzene rings is 2. The fraction of sp³-hybridized carbons (Fsp3) is 0.269. The molecule has 0 spiro atoms. The first-order valence-corrected chi connectivity index (χ1v) is 11.2. The van der Waals surface area contributed by atoms with Gasteiger partial charge in [-0.05, 0) is 48.7 Å².